The van der Waals surface area contributed by atoms with E-state index in [2.05, 4.69) is 23.3 Å². The number of carboxylic acids is 1. The quantitative estimate of drug-likeness (QED) is 0.319. The highest BCUT2D eigenvalue weighted by Crippen LogP contribution is 2.41. The fourth-order valence-corrected chi connectivity index (χ4v) is 5.63. The highest BCUT2D eigenvalue weighted by Gasteiger charge is 2.20. The number of aliphatic carboxylic acids is 1. The molecule has 0 amide bonds. The molecule has 0 fully saturated rings. The summed E-state index contributed by atoms with van der Waals surface area (Å²) in [6.07, 6.45) is -0.0548. The van der Waals surface area contributed by atoms with E-state index in [-0.39, 0.29) is 6.42 Å². The number of halogens is 1. The maximum Gasteiger partial charge on any atom is 0.307 e. The van der Waals surface area contributed by atoms with E-state index < -0.39 is 5.97 Å². The number of nitrogens with zero attached hydrogens (tertiary/aromatic N) is 4. The molecule has 34 heavy (non-hydrogen) atoms. The van der Waals surface area contributed by atoms with Crippen LogP contribution in [-0.4, -0.2) is 39.9 Å². The molecule has 2 aromatic heterocycles. The molecular formula is C26H23ClN4O2S. The van der Waals surface area contributed by atoms with Crippen LogP contribution in [0.3, 0.4) is 0 Å². The van der Waals surface area contributed by atoms with E-state index in [0.717, 1.165) is 59.8 Å². The zero-order valence-corrected chi connectivity index (χ0v) is 20.8. The second-order valence-electron chi connectivity index (χ2n) is 8.57. The molecule has 0 aliphatic carbocycles. The Morgan fingerprint density at radius 1 is 1.12 bits per heavy atom. The minimum absolute atomic E-state index is 0.0548. The van der Waals surface area contributed by atoms with Crippen LogP contribution in [0.4, 0.5) is 5.82 Å². The maximum atomic E-state index is 11.7. The largest absolute Gasteiger partial charge is 0.481 e. The number of hydrogen-bond donors (Lipinski definition) is 1. The summed E-state index contributed by atoms with van der Waals surface area (Å²) in [5.74, 6) is 0.0440. The second-order valence-corrected chi connectivity index (χ2v) is 10.0. The molecular weight excluding hydrogens is 468 g/mol. The van der Waals surface area contributed by atoms with Crippen LogP contribution in [0.1, 0.15) is 11.1 Å². The molecule has 3 aromatic carbocycles. The van der Waals surface area contributed by atoms with Crippen molar-refractivity contribution in [1.29, 1.82) is 0 Å². The zero-order valence-electron chi connectivity index (χ0n) is 19.3. The van der Waals surface area contributed by atoms with Gasteiger partial charge in [0.15, 0.2) is 5.82 Å². The first-order valence-electron chi connectivity index (χ1n) is 10.8. The predicted molar refractivity (Wildman–Crippen MR) is 140 cm³/mol. The van der Waals surface area contributed by atoms with Crippen molar-refractivity contribution >= 4 is 55.8 Å². The van der Waals surface area contributed by atoms with Gasteiger partial charge in [0.25, 0.3) is 0 Å². The average molecular weight is 491 g/mol. The topological polar surface area (TPSA) is 71.2 Å². The van der Waals surface area contributed by atoms with Crippen molar-refractivity contribution in [2.75, 3.05) is 19.0 Å². The SMILES string of the molecule is Cc1cc2nc(-c3ccc4c(c3)c(N(C)C)nn4C)sc2c(-c2ccc(Cl)cc2)c1CC(=O)O. The first-order valence-corrected chi connectivity index (χ1v) is 12.0. The second kappa shape index (κ2) is 8.42. The van der Waals surface area contributed by atoms with Gasteiger partial charge in [0.05, 0.1) is 22.2 Å². The molecule has 6 nitrogen and oxygen atoms in total. The van der Waals surface area contributed by atoms with E-state index in [4.69, 9.17) is 16.6 Å². The number of hydrogen-bond acceptors (Lipinski definition) is 5. The van der Waals surface area contributed by atoms with Crippen LogP contribution in [0.5, 0.6) is 0 Å². The van der Waals surface area contributed by atoms with Crippen molar-refractivity contribution < 1.29 is 9.90 Å². The Morgan fingerprint density at radius 2 is 1.82 bits per heavy atom. The van der Waals surface area contributed by atoms with Crippen molar-refractivity contribution in [2.45, 2.75) is 13.3 Å². The lowest BCUT2D eigenvalue weighted by molar-refractivity contribution is -0.136. The number of carbonyl (C=O) groups is 1. The number of fused-ring (bicyclic) bond motifs is 2. The van der Waals surface area contributed by atoms with Gasteiger partial charge in [-0.15, -0.1) is 11.3 Å². The van der Waals surface area contributed by atoms with E-state index in [1.165, 1.54) is 0 Å². The zero-order chi connectivity index (χ0) is 24.1. The van der Waals surface area contributed by atoms with E-state index >= 15 is 0 Å². The van der Waals surface area contributed by atoms with Gasteiger partial charge < -0.3 is 10.0 Å². The van der Waals surface area contributed by atoms with E-state index in [1.807, 2.05) is 68.0 Å². The molecule has 0 radical (unpaired) electrons. The van der Waals surface area contributed by atoms with Gasteiger partial charge >= 0.3 is 5.97 Å². The highest BCUT2D eigenvalue weighted by molar-refractivity contribution is 7.22. The lowest BCUT2D eigenvalue weighted by Crippen LogP contribution is -2.09. The number of rotatable bonds is 5. The van der Waals surface area contributed by atoms with Crippen molar-refractivity contribution in [3.8, 4) is 21.7 Å². The Labute approximate surface area is 206 Å². The summed E-state index contributed by atoms with van der Waals surface area (Å²) in [6, 6.07) is 15.8. The summed E-state index contributed by atoms with van der Waals surface area (Å²) in [6.45, 7) is 1.95. The lowest BCUT2D eigenvalue weighted by Gasteiger charge is -2.13. The monoisotopic (exact) mass is 490 g/mol. The fraction of sp³-hybridized carbons (Fsp3) is 0.192. The van der Waals surface area contributed by atoms with E-state index in [9.17, 15) is 9.90 Å². The normalized spacial score (nSPS) is 11.4. The van der Waals surface area contributed by atoms with Crippen molar-refractivity contribution in [3.63, 3.8) is 0 Å². The van der Waals surface area contributed by atoms with Crippen molar-refractivity contribution in [1.82, 2.24) is 14.8 Å². The number of benzene rings is 3. The molecule has 0 saturated carbocycles. The number of anilines is 1. The Kier molecular flexibility index (Phi) is 5.54. The Morgan fingerprint density at radius 3 is 2.50 bits per heavy atom. The number of aryl methyl sites for hydroxylation is 2. The molecule has 0 spiro atoms. The van der Waals surface area contributed by atoms with Crippen LogP contribution in [0.25, 0.3) is 42.8 Å². The Bertz CT molecular complexity index is 1570. The van der Waals surface area contributed by atoms with Crippen LogP contribution in [-0.2, 0) is 18.3 Å². The Hall–Kier alpha value is -3.42. The van der Waals surface area contributed by atoms with Gasteiger partial charge in [-0.05, 0) is 60.0 Å². The standard InChI is InChI=1S/C26H23ClN4O2S/c1-14-11-20-24(23(18(14)13-22(32)33)15-5-8-17(27)9-6-15)34-26(28-20)16-7-10-21-19(12-16)25(30(2)3)29-31(21)4/h5-12H,13H2,1-4H3,(H,32,33). The molecule has 2 heterocycles. The third-order valence-corrected chi connectivity index (χ3v) is 7.36. The van der Waals surface area contributed by atoms with Crippen LogP contribution in [0.2, 0.25) is 5.02 Å². The molecule has 1 N–H and O–H groups in total. The van der Waals surface area contributed by atoms with Gasteiger partial charge in [-0.3, -0.25) is 9.48 Å². The molecule has 5 rings (SSSR count). The molecule has 0 aliphatic rings. The van der Waals surface area contributed by atoms with Gasteiger partial charge in [0.1, 0.15) is 5.01 Å². The van der Waals surface area contributed by atoms with Crippen LogP contribution >= 0.6 is 22.9 Å². The summed E-state index contributed by atoms with van der Waals surface area (Å²) in [5.41, 5.74) is 6.47. The third-order valence-electron chi connectivity index (χ3n) is 5.97. The maximum absolute atomic E-state index is 11.7. The summed E-state index contributed by atoms with van der Waals surface area (Å²) in [4.78, 5) is 18.7. The smallest absolute Gasteiger partial charge is 0.307 e. The summed E-state index contributed by atoms with van der Waals surface area (Å²) < 4.78 is 2.85. The van der Waals surface area contributed by atoms with Crippen molar-refractivity contribution in [2.24, 2.45) is 7.05 Å². The minimum Gasteiger partial charge on any atom is -0.481 e. The molecule has 0 aliphatic heterocycles. The molecule has 8 heteroatoms. The molecule has 0 bridgehead atoms. The average Bonchev–Trinajstić information content (AvgIpc) is 3.35. The van der Waals surface area contributed by atoms with Gasteiger partial charge in [-0.1, -0.05) is 23.7 Å². The van der Waals surface area contributed by atoms with Gasteiger partial charge in [0, 0.05) is 42.7 Å². The van der Waals surface area contributed by atoms with Gasteiger partial charge in [-0.2, -0.15) is 5.10 Å². The van der Waals surface area contributed by atoms with Crippen LogP contribution in [0.15, 0.2) is 48.5 Å². The van der Waals surface area contributed by atoms with Crippen molar-refractivity contribution in [3.05, 3.63) is 64.7 Å². The number of aromatic nitrogens is 3. The van der Waals surface area contributed by atoms with Crippen LogP contribution in [0, 0.1) is 6.92 Å². The molecule has 172 valence electrons. The number of carboxylic acid groups (broad SMARTS) is 1. The predicted octanol–water partition coefficient (Wildman–Crippen LogP) is 6.17. The Balaban J connectivity index is 1.75. The summed E-state index contributed by atoms with van der Waals surface area (Å²) in [7, 11) is 5.91. The third kappa shape index (κ3) is 3.81. The van der Waals surface area contributed by atoms with Crippen LogP contribution < -0.4 is 4.90 Å². The van der Waals surface area contributed by atoms with Gasteiger partial charge in [-0.25, -0.2) is 4.98 Å². The van der Waals surface area contributed by atoms with E-state index in [0.29, 0.717) is 5.02 Å². The summed E-state index contributed by atoms with van der Waals surface area (Å²) >= 11 is 7.70. The summed E-state index contributed by atoms with van der Waals surface area (Å²) in [5, 5.41) is 16.8. The first-order chi connectivity index (χ1) is 16.2. The lowest BCUT2D eigenvalue weighted by atomic mass is 9.93. The molecule has 0 atom stereocenters. The van der Waals surface area contributed by atoms with Gasteiger partial charge in [0.2, 0.25) is 0 Å². The minimum atomic E-state index is -0.861. The molecule has 0 unspecified atom stereocenters. The highest BCUT2D eigenvalue weighted by atomic mass is 35.5. The molecule has 5 aromatic rings. The molecule has 0 saturated heterocycles. The number of thiazole rings is 1. The van der Waals surface area contributed by atoms with E-state index in [1.54, 1.807) is 11.3 Å². The fourth-order valence-electron chi connectivity index (χ4n) is 4.37. The first kappa shape index (κ1) is 22.4.